The number of hydrogen-bond acceptors (Lipinski definition) is 3. The maximum atomic E-state index is 13.5. The zero-order chi connectivity index (χ0) is 17.2. The van der Waals surface area contributed by atoms with Crippen LogP contribution in [0.25, 0.3) is 0 Å². The highest BCUT2D eigenvalue weighted by molar-refractivity contribution is 6.30. The third kappa shape index (κ3) is 4.52. The lowest BCUT2D eigenvalue weighted by Gasteiger charge is -2.14. The Morgan fingerprint density at radius 1 is 1.13 bits per heavy atom. The molecule has 0 amide bonds. The van der Waals surface area contributed by atoms with E-state index in [0.717, 1.165) is 12.1 Å². The molecular formula is C14H10ClF5N2O. The van der Waals surface area contributed by atoms with Crippen molar-refractivity contribution < 1.29 is 26.7 Å². The van der Waals surface area contributed by atoms with E-state index < -0.39 is 36.3 Å². The highest BCUT2D eigenvalue weighted by Crippen LogP contribution is 2.26. The van der Waals surface area contributed by atoms with Crippen molar-refractivity contribution in [2.24, 2.45) is 5.73 Å². The Labute approximate surface area is 132 Å². The smallest absolute Gasteiger partial charge is 0.422 e. The number of ether oxygens (including phenoxy) is 1. The summed E-state index contributed by atoms with van der Waals surface area (Å²) in [5.41, 5.74) is 6.30. The molecule has 124 valence electrons. The van der Waals surface area contributed by atoms with Crippen LogP contribution < -0.4 is 10.5 Å². The first-order valence-corrected chi connectivity index (χ1v) is 6.61. The Morgan fingerprint density at radius 2 is 1.78 bits per heavy atom. The van der Waals surface area contributed by atoms with Gasteiger partial charge in [0, 0.05) is 0 Å². The second kappa shape index (κ2) is 6.67. The minimum atomic E-state index is -4.63. The predicted molar refractivity (Wildman–Crippen MR) is 73.2 cm³/mol. The average molecular weight is 353 g/mol. The van der Waals surface area contributed by atoms with E-state index >= 15 is 0 Å². The zero-order valence-electron chi connectivity index (χ0n) is 11.4. The Hall–Kier alpha value is -1.93. The van der Waals surface area contributed by atoms with E-state index in [4.69, 9.17) is 17.3 Å². The van der Waals surface area contributed by atoms with Crippen molar-refractivity contribution in [1.29, 1.82) is 0 Å². The second-order valence-corrected chi connectivity index (χ2v) is 4.99. The van der Waals surface area contributed by atoms with Gasteiger partial charge in [0.25, 0.3) is 5.88 Å². The molecule has 0 saturated carbocycles. The quantitative estimate of drug-likeness (QED) is 0.846. The van der Waals surface area contributed by atoms with Crippen LogP contribution in [0.15, 0.2) is 30.3 Å². The molecule has 0 aliphatic rings. The number of hydrogen-bond donors (Lipinski definition) is 1. The molecule has 1 unspecified atom stereocenters. The minimum Gasteiger partial charge on any atom is -0.466 e. The van der Waals surface area contributed by atoms with Gasteiger partial charge in [0.15, 0.2) is 12.4 Å². The molecule has 0 aliphatic heterocycles. The van der Waals surface area contributed by atoms with Gasteiger partial charge in [-0.05, 0) is 29.8 Å². The molecular weight excluding hydrogens is 343 g/mol. The fourth-order valence-corrected chi connectivity index (χ4v) is 1.93. The minimum absolute atomic E-state index is 0.0475. The van der Waals surface area contributed by atoms with Gasteiger partial charge < -0.3 is 10.5 Å². The van der Waals surface area contributed by atoms with Gasteiger partial charge in [-0.1, -0.05) is 17.7 Å². The van der Waals surface area contributed by atoms with Gasteiger partial charge in [0.05, 0.1) is 16.8 Å². The van der Waals surface area contributed by atoms with Gasteiger partial charge in [-0.25, -0.2) is 13.8 Å². The number of nitrogens with two attached hydrogens (primary N) is 1. The van der Waals surface area contributed by atoms with Crippen molar-refractivity contribution in [3.8, 4) is 5.88 Å². The number of nitrogens with zero attached hydrogens (tertiary/aromatic N) is 1. The predicted octanol–water partition coefficient (Wildman–Crippen LogP) is 4.00. The average Bonchev–Trinajstić information content (AvgIpc) is 2.47. The van der Waals surface area contributed by atoms with Crippen LogP contribution in [0.4, 0.5) is 22.0 Å². The maximum absolute atomic E-state index is 13.5. The lowest BCUT2D eigenvalue weighted by atomic mass is 10.0. The van der Waals surface area contributed by atoms with Crippen LogP contribution in [0.5, 0.6) is 5.88 Å². The Balaban J connectivity index is 2.26. The second-order valence-electron chi connectivity index (χ2n) is 4.58. The summed E-state index contributed by atoms with van der Waals surface area (Å²) in [4.78, 5) is 3.64. The largest absolute Gasteiger partial charge is 0.466 e. The topological polar surface area (TPSA) is 48.1 Å². The first-order chi connectivity index (χ1) is 10.7. The number of aromatic nitrogens is 1. The molecule has 1 aromatic heterocycles. The molecule has 23 heavy (non-hydrogen) atoms. The fraction of sp³-hybridized carbons (Fsp3) is 0.214. The van der Waals surface area contributed by atoms with Crippen LogP contribution in [0.2, 0.25) is 5.02 Å². The monoisotopic (exact) mass is 352 g/mol. The van der Waals surface area contributed by atoms with Gasteiger partial charge in [-0.3, -0.25) is 0 Å². The van der Waals surface area contributed by atoms with E-state index in [-0.39, 0.29) is 10.7 Å². The number of benzene rings is 1. The molecule has 1 atom stereocenters. The molecule has 0 aliphatic carbocycles. The third-order valence-corrected chi connectivity index (χ3v) is 3.12. The highest BCUT2D eigenvalue weighted by Gasteiger charge is 2.29. The Bertz CT molecular complexity index is 708. The van der Waals surface area contributed by atoms with E-state index in [0.29, 0.717) is 5.56 Å². The summed E-state index contributed by atoms with van der Waals surface area (Å²) in [6.45, 7) is -1.68. The number of rotatable bonds is 4. The van der Waals surface area contributed by atoms with Crippen LogP contribution in [0.3, 0.4) is 0 Å². The molecule has 2 N–H and O–H groups in total. The van der Waals surface area contributed by atoms with Crippen molar-refractivity contribution in [2.45, 2.75) is 12.2 Å². The third-order valence-electron chi connectivity index (χ3n) is 2.83. The van der Waals surface area contributed by atoms with E-state index in [1.165, 1.54) is 18.2 Å². The molecule has 0 spiro atoms. The van der Waals surface area contributed by atoms with Crippen LogP contribution in [-0.2, 0) is 0 Å². The summed E-state index contributed by atoms with van der Waals surface area (Å²) in [6, 6.07) is 4.82. The molecule has 0 bridgehead atoms. The first-order valence-electron chi connectivity index (χ1n) is 6.24. The standard InChI is InChI=1S/C14H10ClF5N2O/c15-8-5-7(1-2-9(8)16)12(21)11-4-3-10(17)13(22-11)23-6-14(18,19)20/h1-5,12H,6,21H2. The van der Waals surface area contributed by atoms with E-state index in [2.05, 4.69) is 9.72 Å². The summed E-state index contributed by atoms with van der Waals surface area (Å²) in [5, 5.41) is -0.173. The summed E-state index contributed by atoms with van der Waals surface area (Å²) >= 11 is 5.64. The van der Waals surface area contributed by atoms with Gasteiger partial charge in [0.2, 0.25) is 0 Å². The highest BCUT2D eigenvalue weighted by atomic mass is 35.5. The molecule has 0 saturated heterocycles. The van der Waals surface area contributed by atoms with E-state index in [1.54, 1.807) is 0 Å². The van der Waals surface area contributed by atoms with Gasteiger partial charge in [-0.2, -0.15) is 13.2 Å². The Morgan fingerprint density at radius 3 is 2.39 bits per heavy atom. The summed E-state index contributed by atoms with van der Waals surface area (Å²) in [6.07, 6.45) is -4.63. The Kier molecular flexibility index (Phi) is 5.06. The number of pyridine rings is 1. The number of alkyl halides is 3. The molecule has 1 heterocycles. The summed E-state index contributed by atoms with van der Waals surface area (Å²) in [7, 11) is 0. The van der Waals surface area contributed by atoms with Crippen molar-refractivity contribution >= 4 is 11.6 Å². The summed E-state index contributed by atoms with van der Waals surface area (Å²) < 4.78 is 67.3. The van der Waals surface area contributed by atoms with Gasteiger partial charge >= 0.3 is 6.18 Å². The van der Waals surface area contributed by atoms with Crippen molar-refractivity contribution in [1.82, 2.24) is 4.98 Å². The van der Waals surface area contributed by atoms with Crippen LogP contribution >= 0.6 is 11.6 Å². The summed E-state index contributed by atoms with van der Waals surface area (Å²) in [5.74, 6) is -2.52. The van der Waals surface area contributed by atoms with Crippen LogP contribution in [0, 0.1) is 11.6 Å². The molecule has 2 aromatic rings. The first kappa shape index (κ1) is 17.4. The lowest BCUT2D eigenvalue weighted by molar-refractivity contribution is -0.154. The van der Waals surface area contributed by atoms with Gasteiger partial charge in [-0.15, -0.1) is 0 Å². The van der Waals surface area contributed by atoms with Gasteiger partial charge in [0.1, 0.15) is 5.82 Å². The molecule has 0 radical (unpaired) electrons. The van der Waals surface area contributed by atoms with Crippen molar-refractivity contribution in [3.63, 3.8) is 0 Å². The maximum Gasteiger partial charge on any atom is 0.422 e. The molecule has 0 fully saturated rings. The van der Waals surface area contributed by atoms with Crippen molar-refractivity contribution in [2.75, 3.05) is 6.61 Å². The van der Waals surface area contributed by atoms with Crippen LogP contribution in [-0.4, -0.2) is 17.8 Å². The molecule has 9 heteroatoms. The number of halogens is 6. The molecule has 1 aromatic carbocycles. The normalized spacial score (nSPS) is 13.0. The fourth-order valence-electron chi connectivity index (χ4n) is 1.74. The molecule has 2 rings (SSSR count). The lowest BCUT2D eigenvalue weighted by Crippen LogP contribution is -2.21. The van der Waals surface area contributed by atoms with Crippen LogP contribution in [0.1, 0.15) is 17.3 Å². The SMILES string of the molecule is NC(c1ccc(F)c(Cl)c1)c1ccc(F)c(OCC(F)(F)F)n1. The van der Waals surface area contributed by atoms with Crippen molar-refractivity contribution in [3.05, 3.63) is 58.2 Å². The molecule has 3 nitrogen and oxygen atoms in total. The van der Waals surface area contributed by atoms with E-state index in [1.807, 2.05) is 0 Å². The van der Waals surface area contributed by atoms with E-state index in [9.17, 15) is 22.0 Å². The zero-order valence-corrected chi connectivity index (χ0v) is 12.1.